The van der Waals surface area contributed by atoms with E-state index in [4.69, 9.17) is 11.6 Å². The molecular formula is C5H4ClNOS. The van der Waals surface area contributed by atoms with Gasteiger partial charge in [0.1, 0.15) is 0 Å². The fourth-order valence-electron chi connectivity index (χ4n) is 0.450. The highest BCUT2D eigenvalue weighted by Gasteiger charge is 1.92. The third kappa shape index (κ3) is 1.69. The molecular weight excluding hydrogens is 158 g/mol. The molecule has 1 N–H and O–H groups in total. The van der Waals surface area contributed by atoms with Crippen LogP contribution in [-0.2, 0) is 4.79 Å². The van der Waals surface area contributed by atoms with Crippen molar-refractivity contribution in [1.29, 1.82) is 0 Å². The molecule has 0 fully saturated rings. The highest BCUT2D eigenvalue weighted by Crippen LogP contribution is 2.25. The molecule has 9 heavy (non-hydrogen) atoms. The lowest BCUT2D eigenvalue weighted by Gasteiger charge is -1.85. The van der Waals surface area contributed by atoms with Crippen LogP contribution in [0.1, 0.15) is 0 Å². The van der Waals surface area contributed by atoms with Gasteiger partial charge < -0.3 is 5.32 Å². The molecule has 1 rings (SSSR count). The number of halogens is 1. The van der Waals surface area contributed by atoms with Crippen molar-refractivity contribution < 1.29 is 4.79 Å². The standard InChI is InChI=1S/C5H4ClNOS/c6-4-1-2-5(9-4)7-3-8/h1-3H,(H,7,8). The van der Waals surface area contributed by atoms with Crippen molar-refractivity contribution in [2.45, 2.75) is 0 Å². The Hall–Kier alpha value is -0.540. The summed E-state index contributed by atoms with van der Waals surface area (Å²) in [4.78, 5) is 9.84. The van der Waals surface area contributed by atoms with Gasteiger partial charge in [-0.3, -0.25) is 4.79 Å². The Morgan fingerprint density at radius 2 is 2.44 bits per heavy atom. The third-order valence-corrected chi connectivity index (χ3v) is 1.94. The van der Waals surface area contributed by atoms with Crippen LogP contribution in [0.3, 0.4) is 0 Å². The molecule has 2 nitrogen and oxygen atoms in total. The minimum absolute atomic E-state index is 0.627. The summed E-state index contributed by atoms with van der Waals surface area (Å²) in [6.45, 7) is 0. The monoisotopic (exact) mass is 161 g/mol. The summed E-state index contributed by atoms with van der Waals surface area (Å²) in [5.74, 6) is 0. The van der Waals surface area contributed by atoms with Gasteiger partial charge in [0.15, 0.2) is 0 Å². The molecule has 0 radical (unpaired) electrons. The van der Waals surface area contributed by atoms with E-state index in [1.54, 1.807) is 12.1 Å². The van der Waals surface area contributed by atoms with E-state index in [1.165, 1.54) is 11.3 Å². The molecule has 1 aromatic heterocycles. The van der Waals surface area contributed by atoms with Gasteiger partial charge in [-0.1, -0.05) is 11.6 Å². The molecule has 0 atom stereocenters. The lowest BCUT2D eigenvalue weighted by atomic mass is 10.6. The van der Waals surface area contributed by atoms with E-state index < -0.39 is 0 Å². The maximum atomic E-state index is 9.84. The highest BCUT2D eigenvalue weighted by molar-refractivity contribution is 7.20. The van der Waals surface area contributed by atoms with Crippen LogP contribution >= 0.6 is 22.9 Å². The van der Waals surface area contributed by atoms with Crippen molar-refractivity contribution in [2.24, 2.45) is 0 Å². The summed E-state index contributed by atoms with van der Waals surface area (Å²) in [5, 5.41) is 3.26. The third-order valence-electron chi connectivity index (χ3n) is 0.774. The van der Waals surface area contributed by atoms with Crippen LogP contribution in [0.5, 0.6) is 0 Å². The molecule has 0 saturated heterocycles. The minimum Gasteiger partial charge on any atom is -0.320 e. The molecule has 0 saturated carbocycles. The van der Waals surface area contributed by atoms with E-state index in [0.717, 1.165) is 5.00 Å². The number of nitrogens with one attached hydrogen (secondary N) is 1. The molecule has 0 aliphatic rings. The van der Waals surface area contributed by atoms with Gasteiger partial charge in [-0.25, -0.2) is 0 Å². The first-order valence-corrected chi connectivity index (χ1v) is 3.48. The summed E-state index contributed by atoms with van der Waals surface area (Å²) < 4.78 is 0.680. The summed E-state index contributed by atoms with van der Waals surface area (Å²) in [6, 6.07) is 3.49. The van der Waals surface area contributed by atoms with Gasteiger partial charge in [0.05, 0.1) is 9.34 Å². The van der Waals surface area contributed by atoms with Crippen molar-refractivity contribution in [3.63, 3.8) is 0 Å². The van der Waals surface area contributed by atoms with Crippen LogP contribution in [-0.4, -0.2) is 6.41 Å². The van der Waals surface area contributed by atoms with E-state index in [1.807, 2.05) is 0 Å². The average Bonchev–Trinajstić information content (AvgIpc) is 2.17. The van der Waals surface area contributed by atoms with Crippen molar-refractivity contribution >= 4 is 34.3 Å². The van der Waals surface area contributed by atoms with Crippen LogP contribution in [0.4, 0.5) is 5.00 Å². The summed E-state index contributed by atoms with van der Waals surface area (Å²) in [7, 11) is 0. The zero-order valence-electron chi connectivity index (χ0n) is 4.43. The summed E-state index contributed by atoms with van der Waals surface area (Å²) in [5.41, 5.74) is 0. The predicted octanol–water partition coefficient (Wildman–Crippen LogP) is 1.97. The fourth-order valence-corrected chi connectivity index (χ4v) is 1.35. The lowest BCUT2D eigenvalue weighted by molar-refractivity contribution is -0.105. The van der Waals surface area contributed by atoms with E-state index in [9.17, 15) is 4.79 Å². The van der Waals surface area contributed by atoms with Gasteiger partial charge >= 0.3 is 0 Å². The zero-order chi connectivity index (χ0) is 6.69. The van der Waals surface area contributed by atoms with E-state index in [-0.39, 0.29) is 0 Å². The topological polar surface area (TPSA) is 29.1 Å². The summed E-state index contributed by atoms with van der Waals surface area (Å²) >= 11 is 6.89. The van der Waals surface area contributed by atoms with Crippen LogP contribution in [0.25, 0.3) is 0 Å². The number of hydrogen-bond acceptors (Lipinski definition) is 2. The molecule has 0 aromatic carbocycles. The van der Waals surface area contributed by atoms with Gasteiger partial charge in [-0.2, -0.15) is 0 Å². The normalized spacial score (nSPS) is 9.00. The average molecular weight is 162 g/mol. The SMILES string of the molecule is O=CNc1ccc(Cl)s1. The Labute approximate surface area is 61.5 Å². The number of carbonyl (C=O) groups is 1. The number of anilines is 1. The molecule has 0 aliphatic heterocycles. The van der Waals surface area contributed by atoms with E-state index >= 15 is 0 Å². The predicted molar refractivity (Wildman–Crippen MR) is 39.0 cm³/mol. The van der Waals surface area contributed by atoms with Crippen LogP contribution in [0.2, 0.25) is 4.34 Å². The van der Waals surface area contributed by atoms with Crippen LogP contribution in [0.15, 0.2) is 12.1 Å². The maximum absolute atomic E-state index is 9.84. The van der Waals surface area contributed by atoms with E-state index in [0.29, 0.717) is 10.7 Å². The van der Waals surface area contributed by atoms with E-state index in [2.05, 4.69) is 5.32 Å². The summed E-state index contributed by atoms with van der Waals surface area (Å²) in [6.07, 6.45) is 0.627. The zero-order valence-corrected chi connectivity index (χ0v) is 6.00. The molecule has 4 heteroatoms. The minimum atomic E-state index is 0.627. The number of carbonyl (C=O) groups excluding carboxylic acids is 1. The number of rotatable bonds is 2. The number of hydrogen-bond donors (Lipinski definition) is 1. The van der Waals surface area contributed by atoms with Gasteiger partial charge in [0.2, 0.25) is 6.41 Å². The Kier molecular flexibility index (Phi) is 2.08. The first kappa shape index (κ1) is 6.58. The van der Waals surface area contributed by atoms with Gasteiger partial charge in [0, 0.05) is 0 Å². The van der Waals surface area contributed by atoms with Crippen LogP contribution < -0.4 is 5.32 Å². The molecule has 0 spiro atoms. The second kappa shape index (κ2) is 2.85. The second-order valence-electron chi connectivity index (χ2n) is 1.37. The molecule has 48 valence electrons. The largest absolute Gasteiger partial charge is 0.320 e. The molecule has 1 heterocycles. The van der Waals surface area contributed by atoms with Gasteiger partial charge in [0.25, 0.3) is 0 Å². The fraction of sp³-hybridized carbons (Fsp3) is 0. The van der Waals surface area contributed by atoms with Crippen molar-refractivity contribution in [3.8, 4) is 0 Å². The molecule has 1 aromatic rings. The lowest BCUT2D eigenvalue weighted by Crippen LogP contribution is -1.88. The maximum Gasteiger partial charge on any atom is 0.212 e. The molecule has 1 amide bonds. The van der Waals surface area contributed by atoms with Gasteiger partial charge in [-0.05, 0) is 12.1 Å². The molecule has 0 bridgehead atoms. The van der Waals surface area contributed by atoms with Crippen molar-refractivity contribution in [3.05, 3.63) is 16.5 Å². The Balaban J connectivity index is 2.72. The molecule has 0 unspecified atom stereocenters. The quantitative estimate of drug-likeness (QED) is 0.661. The molecule has 0 aliphatic carbocycles. The number of thiophene rings is 1. The van der Waals surface area contributed by atoms with Gasteiger partial charge in [-0.15, -0.1) is 11.3 Å². The first-order valence-electron chi connectivity index (χ1n) is 2.28. The van der Waals surface area contributed by atoms with Crippen molar-refractivity contribution in [2.75, 3.05) is 5.32 Å². The van der Waals surface area contributed by atoms with Crippen molar-refractivity contribution in [1.82, 2.24) is 0 Å². The first-order chi connectivity index (χ1) is 4.33. The Bertz CT molecular complexity index is 210. The Morgan fingerprint density at radius 1 is 1.67 bits per heavy atom. The highest BCUT2D eigenvalue weighted by atomic mass is 35.5. The van der Waals surface area contributed by atoms with Crippen LogP contribution in [0, 0.1) is 0 Å². The Morgan fingerprint density at radius 3 is 2.89 bits per heavy atom. The smallest absolute Gasteiger partial charge is 0.212 e. The second-order valence-corrected chi connectivity index (χ2v) is 3.08. The number of amides is 1.